The summed E-state index contributed by atoms with van der Waals surface area (Å²) in [4.78, 5) is 11.1. The standard InChI is InChI=1S/C13H20O/c1-2-3-4-5-6-8-12-9-7-10-13(14)11-12/h12H,2-5,7,9-11H2,1H3. The zero-order valence-corrected chi connectivity index (χ0v) is 9.14. The van der Waals surface area contributed by atoms with E-state index in [1.54, 1.807) is 0 Å². The van der Waals surface area contributed by atoms with Crippen LogP contribution in [0.2, 0.25) is 0 Å². The van der Waals surface area contributed by atoms with Gasteiger partial charge in [-0.1, -0.05) is 25.7 Å². The van der Waals surface area contributed by atoms with Crippen LogP contribution in [-0.2, 0) is 4.79 Å². The molecule has 78 valence electrons. The van der Waals surface area contributed by atoms with E-state index in [9.17, 15) is 4.79 Å². The van der Waals surface area contributed by atoms with E-state index in [1.807, 2.05) is 0 Å². The van der Waals surface area contributed by atoms with Crippen LogP contribution in [0.25, 0.3) is 0 Å². The van der Waals surface area contributed by atoms with E-state index in [2.05, 4.69) is 18.8 Å². The Labute approximate surface area is 87.3 Å². The maximum Gasteiger partial charge on any atom is 0.134 e. The topological polar surface area (TPSA) is 17.1 Å². The van der Waals surface area contributed by atoms with Gasteiger partial charge in [-0.25, -0.2) is 0 Å². The molecular formula is C13H20O. The Morgan fingerprint density at radius 1 is 1.43 bits per heavy atom. The average Bonchev–Trinajstić information content (AvgIpc) is 2.18. The number of hydrogen-bond donors (Lipinski definition) is 0. The Balaban J connectivity index is 2.18. The molecule has 0 amide bonds. The van der Waals surface area contributed by atoms with Gasteiger partial charge < -0.3 is 0 Å². The first-order valence-corrected chi connectivity index (χ1v) is 5.83. The number of unbranched alkanes of at least 4 members (excludes halogenated alkanes) is 3. The summed E-state index contributed by atoms with van der Waals surface area (Å²) < 4.78 is 0. The molecule has 0 aromatic heterocycles. The molecule has 0 N–H and O–H groups in total. The highest BCUT2D eigenvalue weighted by molar-refractivity contribution is 5.79. The monoisotopic (exact) mass is 192 g/mol. The van der Waals surface area contributed by atoms with Crippen LogP contribution >= 0.6 is 0 Å². The molecule has 1 saturated carbocycles. The molecule has 1 aliphatic rings. The summed E-state index contributed by atoms with van der Waals surface area (Å²) in [6, 6.07) is 0. The van der Waals surface area contributed by atoms with Crippen LogP contribution in [0.15, 0.2) is 0 Å². The zero-order valence-electron chi connectivity index (χ0n) is 9.14. The van der Waals surface area contributed by atoms with E-state index in [-0.39, 0.29) is 0 Å². The molecule has 1 rings (SSSR count). The van der Waals surface area contributed by atoms with Crippen LogP contribution in [0.3, 0.4) is 0 Å². The molecule has 0 aromatic rings. The number of rotatable bonds is 3. The lowest BCUT2D eigenvalue weighted by atomic mass is 9.89. The van der Waals surface area contributed by atoms with Crippen molar-refractivity contribution in [3.05, 3.63) is 0 Å². The van der Waals surface area contributed by atoms with Crippen LogP contribution in [0.1, 0.15) is 58.3 Å². The van der Waals surface area contributed by atoms with Gasteiger partial charge in [0.1, 0.15) is 5.78 Å². The van der Waals surface area contributed by atoms with Crippen molar-refractivity contribution in [2.24, 2.45) is 5.92 Å². The summed E-state index contributed by atoms with van der Waals surface area (Å²) in [6.07, 6.45) is 8.43. The molecule has 0 aliphatic heterocycles. The van der Waals surface area contributed by atoms with Crippen LogP contribution < -0.4 is 0 Å². The summed E-state index contributed by atoms with van der Waals surface area (Å²) in [7, 11) is 0. The fourth-order valence-electron chi connectivity index (χ4n) is 1.83. The first-order valence-electron chi connectivity index (χ1n) is 5.83. The second kappa shape index (κ2) is 6.65. The number of hydrogen-bond acceptors (Lipinski definition) is 1. The summed E-state index contributed by atoms with van der Waals surface area (Å²) in [6.45, 7) is 2.20. The number of Topliss-reactive ketones (excluding diaryl/α,β-unsaturated/α-hetero) is 1. The van der Waals surface area contributed by atoms with Gasteiger partial charge in [0.25, 0.3) is 0 Å². The van der Waals surface area contributed by atoms with Crippen LogP contribution in [-0.4, -0.2) is 5.78 Å². The summed E-state index contributed by atoms with van der Waals surface area (Å²) in [5.74, 6) is 7.23. The van der Waals surface area contributed by atoms with Gasteiger partial charge in [-0.2, -0.15) is 0 Å². The van der Waals surface area contributed by atoms with E-state index in [0.29, 0.717) is 18.1 Å². The fraction of sp³-hybridized carbons (Fsp3) is 0.769. The van der Waals surface area contributed by atoms with Crippen molar-refractivity contribution in [1.82, 2.24) is 0 Å². The summed E-state index contributed by atoms with van der Waals surface area (Å²) in [5.41, 5.74) is 0. The van der Waals surface area contributed by atoms with Gasteiger partial charge in [-0.3, -0.25) is 4.79 Å². The molecule has 1 aliphatic carbocycles. The molecular weight excluding hydrogens is 172 g/mol. The van der Waals surface area contributed by atoms with E-state index in [4.69, 9.17) is 0 Å². The van der Waals surface area contributed by atoms with Crippen LogP contribution in [0.4, 0.5) is 0 Å². The quantitative estimate of drug-likeness (QED) is 0.495. The Bertz CT molecular complexity index is 231. The molecule has 0 heterocycles. The van der Waals surface area contributed by atoms with E-state index in [0.717, 1.165) is 25.7 Å². The van der Waals surface area contributed by atoms with Crippen molar-refractivity contribution in [1.29, 1.82) is 0 Å². The largest absolute Gasteiger partial charge is 0.300 e. The highest BCUT2D eigenvalue weighted by Gasteiger charge is 2.16. The molecule has 1 unspecified atom stereocenters. The lowest BCUT2D eigenvalue weighted by Crippen LogP contribution is -2.13. The maximum atomic E-state index is 11.1. The Hall–Kier alpha value is -0.770. The highest BCUT2D eigenvalue weighted by atomic mass is 16.1. The third kappa shape index (κ3) is 4.46. The number of carbonyl (C=O) groups excluding carboxylic acids is 1. The van der Waals surface area contributed by atoms with Crippen molar-refractivity contribution in [2.45, 2.75) is 58.3 Å². The predicted molar refractivity (Wildman–Crippen MR) is 58.9 cm³/mol. The molecule has 1 fully saturated rings. The van der Waals surface area contributed by atoms with Crippen molar-refractivity contribution in [3.8, 4) is 11.8 Å². The Kier molecular flexibility index (Phi) is 5.37. The lowest BCUT2D eigenvalue weighted by molar-refractivity contribution is -0.120. The highest BCUT2D eigenvalue weighted by Crippen LogP contribution is 2.20. The molecule has 0 saturated heterocycles. The Morgan fingerprint density at radius 3 is 3.00 bits per heavy atom. The molecule has 0 radical (unpaired) electrons. The Morgan fingerprint density at radius 2 is 2.29 bits per heavy atom. The number of ketones is 1. The first kappa shape index (κ1) is 11.3. The van der Waals surface area contributed by atoms with Gasteiger partial charge in [0.05, 0.1) is 0 Å². The molecule has 1 heteroatoms. The fourth-order valence-corrected chi connectivity index (χ4v) is 1.83. The summed E-state index contributed by atoms with van der Waals surface area (Å²) >= 11 is 0. The van der Waals surface area contributed by atoms with Gasteiger partial charge in [-0.05, 0) is 19.3 Å². The van der Waals surface area contributed by atoms with Gasteiger partial charge in [-0.15, -0.1) is 5.92 Å². The molecule has 0 aromatic carbocycles. The minimum absolute atomic E-state index is 0.373. The molecule has 1 nitrogen and oxygen atoms in total. The number of carbonyl (C=O) groups is 1. The second-order valence-electron chi connectivity index (χ2n) is 4.11. The third-order valence-electron chi connectivity index (χ3n) is 2.69. The molecule has 14 heavy (non-hydrogen) atoms. The van der Waals surface area contributed by atoms with Gasteiger partial charge in [0, 0.05) is 25.2 Å². The van der Waals surface area contributed by atoms with Crippen molar-refractivity contribution in [3.63, 3.8) is 0 Å². The van der Waals surface area contributed by atoms with E-state index < -0.39 is 0 Å². The van der Waals surface area contributed by atoms with Gasteiger partial charge >= 0.3 is 0 Å². The van der Waals surface area contributed by atoms with Crippen molar-refractivity contribution in [2.75, 3.05) is 0 Å². The van der Waals surface area contributed by atoms with Crippen LogP contribution in [0, 0.1) is 17.8 Å². The third-order valence-corrected chi connectivity index (χ3v) is 2.69. The zero-order chi connectivity index (χ0) is 10.2. The van der Waals surface area contributed by atoms with Crippen LogP contribution in [0.5, 0.6) is 0 Å². The summed E-state index contributed by atoms with van der Waals surface area (Å²) in [5, 5.41) is 0. The van der Waals surface area contributed by atoms with Crippen molar-refractivity contribution >= 4 is 5.78 Å². The normalized spacial score (nSPS) is 21.5. The predicted octanol–water partition coefficient (Wildman–Crippen LogP) is 3.33. The average molecular weight is 192 g/mol. The maximum absolute atomic E-state index is 11.1. The molecule has 1 atom stereocenters. The smallest absolute Gasteiger partial charge is 0.134 e. The van der Waals surface area contributed by atoms with Crippen molar-refractivity contribution < 1.29 is 4.79 Å². The SMILES string of the molecule is CCCCCC#CC1CCCC(=O)C1. The van der Waals surface area contributed by atoms with Gasteiger partial charge in [0.2, 0.25) is 0 Å². The molecule has 0 spiro atoms. The minimum atomic E-state index is 0.373. The minimum Gasteiger partial charge on any atom is -0.300 e. The first-order chi connectivity index (χ1) is 6.83. The van der Waals surface area contributed by atoms with Gasteiger partial charge in [0.15, 0.2) is 0 Å². The molecule has 0 bridgehead atoms. The second-order valence-corrected chi connectivity index (χ2v) is 4.11. The van der Waals surface area contributed by atoms with E-state index in [1.165, 1.54) is 19.3 Å². The van der Waals surface area contributed by atoms with E-state index >= 15 is 0 Å². The lowest BCUT2D eigenvalue weighted by Gasteiger charge is -2.14.